The van der Waals surface area contributed by atoms with Crippen LogP contribution in [0.4, 0.5) is 0 Å². The molecule has 0 spiro atoms. The van der Waals surface area contributed by atoms with E-state index >= 15 is 0 Å². The van der Waals surface area contributed by atoms with E-state index in [0.29, 0.717) is 18.4 Å². The predicted molar refractivity (Wildman–Crippen MR) is 72.4 cm³/mol. The van der Waals surface area contributed by atoms with Gasteiger partial charge in [0.1, 0.15) is 4.90 Å². The number of sulfonamides is 1. The molecule has 1 aliphatic carbocycles. The molecule has 0 bridgehead atoms. The maximum absolute atomic E-state index is 11.9. The summed E-state index contributed by atoms with van der Waals surface area (Å²) in [6.45, 7) is 2.73. The van der Waals surface area contributed by atoms with Gasteiger partial charge in [0.2, 0.25) is 10.0 Å². The normalized spacial score (nSPS) is 22.1. The Bertz CT molecular complexity index is 615. The third-order valence-electron chi connectivity index (χ3n) is 3.30. The van der Waals surface area contributed by atoms with E-state index in [1.807, 2.05) is 0 Å². The fraction of sp³-hybridized carbons (Fsp3) is 0.417. The van der Waals surface area contributed by atoms with Crippen LogP contribution in [0.25, 0.3) is 0 Å². The molecule has 1 aromatic carbocycles. The van der Waals surface area contributed by atoms with E-state index in [0.717, 1.165) is 6.42 Å². The van der Waals surface area contributed by atoms with Gasteiger partial charge in [-0.3, -0.25) is 4.79 Å². The average Bonchev–Trinajstić information content (AvgIpc) is 3.01. The Balaban J connectivity index is 2.14. The number of halogens is 1. The molecule has 19 heavy (non-hydrogen) atoms. The summed E-state index contributed by atoms with van der Waals surface area (Å²) in [6, 6.07) is 4.03. The van der Waals surface area contributed by atoms with Gasteiger partial charge >= 0.3 is 0 Å². The van der Waals surface area contributed by atoms with Gasteiger partial charge in [-0.15, -0.1) is 0 Å². The van der Waals surface area contributed by atoms with Gasteiger partial charge in [-0.1, -0.05) is 18.5 Å². The predicted octanol–water partition coefficient (Wildman–Crippen LogP) is 1.37. The van der Waals surface area contributed by atoms with Crippen LogP contribution in [0.15, 0.2) is 23.1 Å². The second-order valence-electron chi connectivity index (χ2n) is 4.87. The summed E-state index contributed by atoms with van der Waals surface area (Å²) in [5.41, 5.74) is 0.238. The number of carbonyl (C=O) groups is 1. The molecule has 1 saturated carbocycles. The Kier molecular flexibility index (Phi) is 3.85. The molecule has 0 aromatic heterocycles. The highest BCUT2D eigenvalue weighted by molar-refractivity contribution is 7.89. The number of nitrogens with one attached hydrogen (secondary N) is 1. The highest BCUT2D eigenvalue weighted by atomic mass is 35.5. The Labute approximate surface area is 117 Å². The van der Waals surface area contributed by atoms with E-state index in [1.165, 1.54) is 18.2 Å². The Morgan fingerprint density at radius 2 is 2.16 bits per heavy atom. The number of nitrogens with two attached hydrogens (primary N) is 1. The van der Waals surface area contributed by atoms with Gasteiger partial charge in [-0.05, 0) is 36.5 Å². The van der Waals surface area contributed by atoms with Crippen LogP contribution < -0.4 is 10.5 Å². The zero-order valence-electron chi connectivity index (χ0n) is 10.4. The smallest absolute Gasteiger partial charge is 0.251 e. The lowest BCUT2D eigenvalue weighted by molar-refractivity contribution is 0.0951. The van der Waals surface area contributed by atoms with E-state index in [-0.39, 0.29) is 21.4 Å². The van der Waals surface area contributed by atoms with Gasteiger partial charge < -0.3 is 5.32 Å². The zero-order chi connectivity index (χ0) is 14.2. The van der Waals surface area contributed by atoms with Crippen molar-refractivity contribution in [2.75, 3.05) is 6.54 Å². The maximum Gasteiger partial charge on any atom is 0.251 e. The Morgan fingerprint density at radius 1 is 1.53 bits per heavy atom. The van der Waals surface area contributed by atoms with Crippen molar-refractivity contribution >= 4 is 27.5 Å². The molecule has 0 aliphatic heterocycles. The summed E-state index contributed by atoms with van der Waals surface area (Å²) in [6.07, 6.45) is 1.11. The summed E-state index contributed by atoms with van der Waals surface area (Å²) in [7, 11) is -3.93. The van der Waals surface area contributed by atoms with E-state index < -0.39 is 10.0 Å². The van der Waals surface area contributed by atoms with Gasteiger partial charge in [0.05, 0.1) is 5.02 Å². The monoisotopic (exact) mass is 302 g/mol. The quantitative estimate of drug-likeness (QED) is 0.880. The summed E-state index contributed by atoms with van der Waals surface area (Å²) in [4.78, 5) is 11.6. The minimum absolute atomic E-state index is 0.00913. The maximum atomic E-state index is 11.9. The van der Waals surface area contributed by atoms with Crippen LogP contribution in [0.3, 0.4) is 0 Å². The molecular formula is C12H15ClN2O3S. The lowest BCUT2D eigenvalue weighted by atomic mass is 10.2. The summed E-state index contributed by atoms with van der Waals surface area (Å²) >= 11 is 5.75. The molecule has 0 unspecified atom stereocenters. The van der Waals surface area contributed by atoms with E-state index in [9.17, 15) is 13.2 Å². The number of hydrogen-bond donors (Lipinski definition) is 2. The topological polar surface area (TPSA) is 89.3 Å². The molecule has 3 N–H and O–H groups in total. The molecule has 104 valence electrons. The van der Waals surface area contributed by atoms with Crippen molar-refractivity contribution in [1.82, 2.24) is 5.32 Å². The van der Waals surface area contributed by atoms with E-state index in [4.69, 9.17) is 16.7 Å². The number of amides is 1. The van der Waals surface area contributed by atoms with Gasteiger partial charge in [0.25, 0.3) is 5.91 Å². The molecule has 7 heteroatoms. The molecule has 1 fully saturated rings. The Morgan fingerprint density at radius 3 is 2.68 bits per heavy atom. The zero-order valence-corrected chi connectivity index (χ0v) is 12.0. The standard InChI is InChI=1S/C12H15ClN2O3S/c1-7-4-9(7)6-15-12(16)8-2-3-10(13)11(5-8)19(14,17)18/h2-3,5,7,9H,4,6H2,1H3,(H,15,16)(H2,14,17,18)/t7-,9-/m1/s1. The molecule has 2 rings (SSSR count). The molecule has 0 heterocycles. The van der Waals surface area contributed by atoms with Crippen molar-refractivity contribution in [1.29, 1.82) is 0 Å². The minimum Gasteiger partial charge on any atom is -0.352 e. The van der Waals surface area contributed by atoms with Crippen molar-refractivity contribution in [2.45, 2.75) is 18.2 Å². The molecule has 0 saturated heterocycles. The average molecular weight is 303 g/mol. The lowest BCUT2D eigenvalue weighted by Crippen LogP contribution is -2.26. The number of hydrogen-bond acceptors (Lipinski definition) is 3. The summed E-state index contributed by atoms with van der Waals surface area (Å²) < 4.78 is 22.6. The van der Waals surface area contributed by atoms with Crippen LogP contribution >= 0.6 is 11.6 Å². The van der Waals surface area contributed by atoms with Crippen molar-refractivity contribution < 1.29 is 13.2 Å². The number of benzene rings is 1. The third-order valence-corrected chi connectivity index (χ3v) is 4.69. The van der Waals surface area contributed by atoms with Crippen LogP contribution in [0.1, 0.15) is 23.7 Å². The first-order valence-corrected chi connectivity index (χ1v) is 7.82. The molecule has 5 nitrogen and oxygen atoms in total. The summed E-state index contributed by atoms with van der Waals surface area (Å²) in [5, 5.41) is 7.81. The van der Waals surface area contributed by atoms with Gasteiger partial charge in [-0.2, -0.15) is 0 Å². The molecule has 0 radical (unpaired) electrons. The number of rotatable bonds is 4. The fourth-order valence-corrected chi connectivity index (χ4v) is 2.94. The largest absolute Gasteiger partial charge is 0.352 e. The van der Waals surface area contributed by atoms with E-state index in [1.54, 1.807) is 0 Å². The van der Waals surface area contributed by atoms with Gasteiger partial charge in [-0.25, -0.2) is 13.6 Å². The first-order valence-electron chi connectivity index (χ1n) is 5.89. The highest BCUT2D eigenvalue weighted by Gasteiger charge is 2.32. The highest BCUT2D eigenvalue weighted by Crippen LogP contribution is 2.36. The summed E-state index contributed by atoms with van der Waals surface area (Å²) in [5.74, 6) is 0.847. The second kappa shape index (κ2) is 5.11. The van der Waals surface area contributed by atoms with Crippen LogP contribution in [0.5, 0.6) is 0 Å². The van der Waals surface area contributed by atoms with Crippen LogP contribution in [0.2, 0.25) is 5.02 Å². The van der Waals surface area contributed by atoms with Crippen molar-refractivity contribution in [3.63, 3.8) is 0 Å². The molecule has 1 aliphatic rings. The van der Waals surface area contributed by atoms with Crippen molar-refractivity contribution in [3.8, 4) is 0 Å². The molecule has 1 amide bonds. The minimum atomic E-state index is -3.93. The first kappa shape index (κ1) is 14.3. The van der Waals surface area contributed by atoms with Crippen LogP contribution in [0, 0.1) is 11.8 Å². The van der Waals surface area contributed by atoms with Crippen LogP contribution in [-0.2, 0) is 10.0 Å². The van der Waals surface area contributed by atoms with Gasteiger partial charge in [0, 0.05) is 12.1 Å². The lowest BCUT2D eigenvalue weighted by Gasteiger charge is -2.07. The fourth-order valence-electron chi connectivity index (χ4n) is 1.87. The Hall–Kier alpha value is -1.11. The SMILES string of the molecule is C[C@@H]1C[C@@H]1CNC(=O)c1ccc(Cl)c(S(N)(=O)=O)c1. The van der Waals surface area contributed by atoms with E-state index in [2.05, 4.69) is 12.2 Å². The molecule has 2 atom stereocenters. The van der Waals surface area contributed by atoms with Crippen molar-refractivity contribution in [3.05, 3.63) is 28.8 Å². The van der Waals surface area contributed by atoms with Gasteiger partial charge in [0.15, 0.2) is 0 Å². The first-order chi connectivity index (χ1) is 8.79. The third kappa shape index (κ3) is 3.46. The molecular weight excluding hydrogens is 288 g/mol. The molecule has 1 aromatic rings. The van der Waals surface area contributed by atoms with Crippen LogP contribution in [-0.4, -0.2) is 20.9 Å². The number of carbonyl (C=O) groups excluding carboxylic acids is 1. The van der Waals surface area contributed by atoms with Crippen molar-refractivity contribution in [2.24, 2.45) is 17.0 Å². The number of primary sulfonamides is 1. The second-order valence-corrected chi connectivity index (χ2v) is 6.81.